The monoisotopic (exact) mass is 246 g/mol. The number of hydrogen-bond acceptors (Lipinski definition) is 3. The Labute approximate surface area is 106 Å². The molecule has 1 aromatic carbocycles. The first kappa shape index (κ1) is 11.7. The van der Waals surface area contributed by atoms with E-state index in [1.54, 1.807) is 6.26 Å². The molecule has 0 aliphatic carbocycles. The Morgan fingerprint density at radius 3 is 2.76 bits per heavy atom. The predicted octanol–water partition coefficient (Wildman–Crippen LogP) is 2.57. The average molecular weight is 246 g/mol. The maximum atomic E-state index is 5.65. The van der Waals surface area contributed by atoms with Crippen molar-refractivity contribution in [1.29, 1.82) is 0 Å². The summed E-state index contributed by atoms with van der Waals surface area (Å²) < 4.78 is 5.26. The zero-order valence-corrected chi connectivity index (χ0v) is 10.2. The molecule has 0 unspecified atom stereocenters. The molecule has 88 valence electrons. The first-order valence-electron chi connectivity index (χ1n) is 5.42. The fourth-order valence-electron chi connectivity index (χ4n) is 1.63. The van der Waals surface area contributed by atoms with Gasteiger partial charge in [0.1, 0.15) is 10.7 Å². The van der Waals surface area contributed by atoms with Crippen LogP contribution in [0.1, 0.15) is 11.3 Å². The number of nitrogens with two attached hydrogens (primary N) is 1. The molecular weight excluding hydrogens is 232 g/mol. The topological polar surface area (TPSA) is 51.2 Å². The number of rotatable bonds is 5. The maximum absolute atomic E-state index is 5.65. The summed E-state index contributed by atoms with van der Waals surface area (Å²) in [6.07, 6.45) is 2.51. The number of furan rings is 1. The number of benzene rings is 1. The van der Waals surface area contributed by atoms with Crippen LogP contribution >= 0.6 is 12.2 Å². The molecule has 2 aromatic rings. The molecule has 4 heteroatoms. The van der Waals surface area contributed by atoms with Gasteiger partial charge in [0.2, 0.25) is 0 Å². The normalized spacial score (nSPS) is 10.1. The molecule has 3 N–H and O–H groups in total. The second-order valence-electron chi connectivity index (χ2n) is 3.67. The van der Waals surface area contributed by atoms with E-state index in [0.717, 1.165) is 30.0 Å². The standard InChI is InChI=1S/C13H14N2OS/c14-13(17)11-5-1-2-6-12(11)15-8-7-10-4-3-9-16-10/h1-6,9,15H,7-8H2,(H2,14,17). The second-order valence-corrected chi connectivity index (χ2v) is 4.11. The Hall–Kier alpha value is -1.81. The van der Waals surface area contributed by atoms with Crippen LogP contribution < -0.4 is 11.1 Å². The van der Waals surface area contributed by atoms with Gasteiger partial charge in [-0.15, -0.1) is 0 Å². The largest absolute Gasteiger partial charge is 0.469 e. The zero-order chi connectivity index (χ0) is 12.1. The lowest BCUT2D eigenvalue weighted by molar-refractivity contribution is 0.513. The molecule has 0 saturated heterocycles. The van der Waals surface area contributed by atoms with Crippen molar-refractivity contribution in [2.75, 3.05) is 11.9 Å². The Morgan fingerprint density at radius 2 is 2.06 bits per heavy atom. The minimum atomic E-state index is 0.408. The molecule has 2 rings (SSSR count). The van der Waals surface area contributed by atoms with E-state index in [4.69, 9.17) is 22.4 Å². The van der Waals surface area contributed by atoms with Crippen molar-refractivity contribution >= 4 is 22.9 Å². The smallest absolute Gasteiger partial charge is 0.106 e. The van der Waals surface area contributed by atoms with Crippen molar-refractivity contribution in [3.63, 3.8) is 0 Å². The lowest BCUT2D eigenvalue weighted by Crippen LogP contribution is -2.14. The van der Waals surface area contributed by atoms with E-state index < -0.39 is 0 Å². The maximum Gasteiger partial charge on any atom is 0.106 e. The summed E-state index contributed by atoms with van der Waals surface area (Å²) in [5.74, 6) is 0.963. The molecule has 0 aliphatic heterocycles. The van der Waals surface area contributed by atoms with Crippen LogP contribution in [0.4, 0.5) is 5.69 Å². The fourth-order valence-corrected chi connectivity index (χ4v) is 1.81. The second kappa shape index (κ2) is 5.50. The van der Waals surface area contributed by atoms with E-state index in [1.165, 1.54) is 0 Å². The third-order valence-electron chi connectivity index (χ3n) is 2.46. The summed E-state index contributed by atoms with van der Waals surface area (Å²) in [6, 6.07) is 11.6. The molecule has 3 nitrogen and oxygen atoms in total. The molecule has 0 fully saturated rings. The summed E-state index contributed by atoms with van der Waals surface area (Å²) in [7, 11) is 0. The molecule has 0 amide bonds. The van der Waals surface area contributed by atoms with E-state index >= 15 is 0 Å². The van der Waals surface area contributed by atoms with Crippen LogP contribution in [0.15, 0.2) is 47.1 Å². The third-order valence-corrected chi connectivity index (χ3v) is 2.68. The van der Waals surface area contributed by atoms with Gasteiger partial charge in [0.25, 0.3) is 0 Å². The van der Waals surface area contributed by atoms with Crippen molar-refractivity contribution < 1.29 is 4.42 Å². The Bertz CT molecular complexity index is 494. The van der Waals surface area contributed by atoms with Crippen LogP contribution in [0.5, 0.6) is 0 Å². The highest BCUT2D eigenvalue weighted by Crippen LogP contribution is 2.14. The van der Waals surface area contributed by atoms with Gasteiger partial charge >= 0.3 is 0 Å². The van der Waals surface area contributed by atoms with Gasteiger partial charge in [0.15, 0.2) is 0 Å². The number of thiocarbonyl (C=S) groups is 1. The van der Waals surface area contributed by atoms with Crippen molar-refractivity contribution in [1.82, 2.24) is 0 Å². The van der Waals surface area contributed by atoms with Gasteiger partial charge in [0, 0.05) is 24.2 Å². The molecule has 0 radical (unpaired) electrons. The summed E-state index contributed by atoms with van der Waals surface area (Å²) in [5.41, 5.74) is 7.50. The highest BCUT2D eigenvalue weighted by Gasteiger charge is 2.03. The quantitative estimate of drug-likeness (QED) is 0.796. The molecule has 1 aromatic heterocycles. The summed E-state index contributed by atoms with van der Waals surface area (Å²) in [5, 5.41) is 3.31. The zero-order valence-electron chi connectivity index (χ0n) is 9.35. The van der Waals surface area contributed by atoms with E-state index in [0.29, 0.717) is 4.99 Å². The van der Waals surface area contributed by atoms with Crippen LogP contribution in [0, 0.1) is 0 Å². The number of para-hydroxylation sites is 1. The molecular formula is C13H14N2OS. The fraction of sp³-hybridized carbons (Fsp3) is 0.154. The minimum Gasteiger partial charge on any atom is -0.469 e. The molecule has 0 saturated carbocycles. The first-order chi connectivity index (χ1) is 8.27. The summed E-state index contributed by atoms with van der Waals surface area (Å²) >= 11 is 5.00. The lowest BCUT2D eigenvalue weighted by atomic mass is 10.1. The van der Waals surface area contributed by atoms with Crippen molar-refractivity contribution in [2.24, 2.45) is 5.73 Å². The Balaban J connectivity index is 1.97. The number of anilines is 1. The Kier molecular flexibility index (Phi) is 3.77. The van der Waals surface area contributed by atoms with Gasteiger partial charge in [-0.2, -0.15) is 0 Å². The van der Waals surface area contributed by atoms with Crippen LogP contribution in [0.25, 0.3) is 0 Å². The van der Waals surface area contributed by atoms with Gasteiger partial charge in [-0.3, -0.25) is 0 Å². The van der Waals surface area contributed by atoms with Crippen molar-refractivity contribution in [3.8, 4) is 0 Å². The van der Waals surface area contributed by atoms with Crippen LogP contribution in [-0.4, -0.2) is 11.5 Å². The highest BCUT2D eigenvalue weighted by atomic mass is 32.1. The van der Waals surface area contributed by atoms with Crippen LogP contribution in [-0.2, 0) is 6.42 Å². The molecule has 0 atom stereocenters. The van der Waals surface area contributed by atoms with Gasteiger partial charge < -0.3 is 15.5 Å². The molecule has 0 aliphatic rings. The first-order valence-corrected chi connectivity index (χ1v) is 5.83. The minimum absolute atomic E-state index is 0.408. The highest BCUT2D eigenvalue weighted by molar-refractivity contribution is 7.80. The van der Waals surface area contributed by atoms with Crippen LogP contribution in [0.2, 0.25) is 0 Å². The van der Waals surface area contributed by atoms with Crippen molar-refractivity contribution in [2.45, 2.75) is 6.42 Å². The number of hydrogen-bond donors (Lipinski definition) is 2. The predicted molar refractivity (Wildman–Crippen MR) is 73.2 cm³/mol. The van der Waals surface area contributed by atoms with Gasteiger partial charge in [-0.1, -0.05) is 24.4 Å². The molecule has 1 heterocycles. The van der Waals surface area contributed by atoms with Gasteiger partial charge in [0.05, 0.1) is 6.26 Å². The summed E-state index contributed by atoms with van der Waals surface area (Å²) in [4.78, 5) is 0.408. The SMILES string of the molecule is NC(=S)c1ccccc1NCCc1ccco1. The van der Waals surface area contributed by atoms with Crippen molar-refractivity contribution in [3.05, 3.63) is 54.0 Å². The van der Waals surface area contributed by atoms with E-state index in [1.807, 2.05) is 36.4 Å². The lowest BCUT2D eigenvalue weighted by Gasteiger charge is -2.10. The Morgan fingerprint density at radius 1 is 1.24 bits per heavy atom. The van der Waals surface area contributed by atoms with E-state index in [-0.39, 0.29) is 0 Å². The number of nitrogens with one attached hydrogen (secondary N) is 1. The van der Waals surface area contributed by atoms with Gasteiger partial charge in [-0.05, 0) is 24.3 Å². The van der Waals surface area contributed by atoms with Gasteiger partial charge in [-0.25, -0.2) is 0 Å². The third kappa shape index (κ3) is 3.07. The summed E-state index contributed by atoms with van der Waals surface area (Å²) in [6.45, 7) is 0.785. The van der Waals surface area contributed by atoms with E-state index in [9.17, 15) is 0 Å². The molecule has 17 heavy (non-hydrogen) atoms. The van der Waals surface area contributed by atoms with Crippen LogP contribution in [0.3, 0.4) is 0 Å². The van der Waals surface area contributed by atoms with E-state index in [2.05, 4.69) is 5.32 Å². The molecule has 0 bridgehead atoms. The molecule has 0 spiro atoms. The average Bonchev–Trinajstić information content (AvgIpc) is 2.82.